The number of aryl methyl sites for hydroxylation is 2. The molecule has 0 bridgehead atoms. The molecule has 1 saturated heterocycles. The Hall–Kier alpha value is -2.62. The third kappa shape index (κ3) is 4.20. The topological polar surface area (TPSA) is 84.2 Å². The summed E-state index contributed by atoms with van der Waals surface area (Å²) in [4.78, 5) is 2.56. The molecule has 4 rings (SSSR count). The smallest absolute Gasteiger partial charge is 0.246 e. The number of sulfonamides is 1. The van der Waals surface area contributed by atoms with Crippen LogP contribution in [-0.4, -0.2) is 69.8 Å². The molecule has 9 heteroatoms. The molecule has 8 nitrogen and oxygen atoms in total. The second-order valence-corrected chi connectivity index (χ2v) is 10.5. The second kappa shape index (κ2) is 8.73. The molecule has 1 aromatic carbocycles. The molecule has 0 atom stereocenters. The first-order valence-corrected chi connectivity index (χ1v) is 12.3. The minimum atomic E-state index is -3.64. The van der Waals surface area contributed by atoms with E-state index >= 15 is 0 Å². The predicted octanol–water partition coefficient (Wildman–Crippen LogP) is 2.97. The van der Waals surface area contributed by atoms with Crippen LogP contribution in [0.2, 0.25) is 0 Å². The van der Waals surface area contributed by atoms with Crippen LogP contribution >= 0.6 is 0 Å². The minimum Gasteiger partial charge on any atom is -0.298 e. The Morgan fingerprint density at radius 3 is 2.09 bits per heavy atom. The van der Waals surface area contributed by atoms with E-state index in [9.17, 15) is 8.42 Å². The number of benzene rings is 1. The fourth-order valence-electron chi connectivity index (χ4n) is 4.13. The van der Waals surface area contributed by atoms with Gasteiger partial charge in [-0.1, -0.05) is 29.8 Å². The van der Waals surface area contributed by atoms with E-state index in [0.717, 1.165) is 24.3 Å². The fraction of sp³-hybridized carbons (Fsp3) is 0.435. The monoisotopic (exact) mass is 454 g/mol. The van der Waals surface area contributed by atoms with E-state index in [1.54, 1.807) is 22.8 Å². The number of rotatable bonds is 5. The average molecular weight is 455 g/mol. The molecule has 2 aromatic heterocycles. The van der Waals surface area contributed by atoms with Crippen LogP contribution in [0.15, 0.2) is 41.3 Å². The summed E-state index contributed by atoms with van der Waals surface area (Å²) >= 11 is 0. The molecule has 32 heavy (non-hydrogen) atoms. The van der Waals surface area contributed by atoms with Crippen molar-refractivity contribution < 1.29 is 8.42 Å². The molecule has 1 aliphatic rings. The van der Waals surface area contributed by atoms with Crippen LogP contribution in [0.3, 0.4) is 0 Å². The summed E-state index contributed by atoms with van der Waals surface area (Å²) in [6.07, 6.45) is 0. The maximum Gasteiger partial charge on any atom is 0.246 e. The van der Waals surface area contributed by atoms with Crippen LogP contribution in [0.25, 0.3) is 17.1 Å². The van der Waals surface area contributed by atoms with Gasteiger partial charge in [0.15, 0.2) is 5.82 Å². The van der Waals surface area contributed by atoms with Gasteiger partial charge in [0.2, 0.25) is 10.0 Å². The van der Waals surface area contributed by atoms with Gasteiger partial charge in [-0.15, -0.1) is 10.2 Å². The summed E-state index contributed by atoms with van der Waals surface area (Å²) in [5.74, 6) is 0.493. The van der Waals surface area contributed by atoms with Crippen LogP contribution < -0.4 is 0 Å². The van der Waals surface area contributed by atoms with E-state index in [1.807, 2.05) is 43.3 Å². The first-order valence-electron chi connectivity index (χ1n) is 10.9. The first kappa shape index (κ1) is 22.6. The lowest BCUT2D eigenvalue weighted by molar-refractivity contribution is 0.154. The summed E-state index contributed by atoms with van der Waals surface area (Å²) in [7, 11) is -3.64. The Bertz CT molecular complexity index is 1190. The molecule has 0 aliphatic carbocycles. The molecule has 0 spiro atoms. The van der Waals surface area contributed by atoms with Crippen molar-refractivity contribution in [1.82, 2.24) is 29.2 Å². The van der Waals surface area contributed by atoms with Gasteiger partial charge in [-0.05, 0) is 46.8 Å². The summed E-state index contributed by atoms with van der Waals surface area (Å²) < 4.78 is 30.0. The summed E-state index contributed by atoms with van der Waals surface area (Å²) in [6.45, 7) is 12.2. The highest BCUT2D eigenvalue weighted by atomic mass is 32.2. The van der Waals surface area contributed by atoms with Crippen molar-refractivity contribution in [2.24, 2.45) is 0 Å². The summed E-state index contributed by atoms with van der Waals surface area (Å²) in [5.41, 5.74) is 3.93. The maximum absolute atomic E-state index is 13.4. The molecule has 1 fully saturated rings. The Labute approximate surface area is 189 Å². The Morgan fingerprint density at radius 2 is 1.53 bits per heavy atom. The van der Waals surface area contributed by atoms with Crippen LogP contribution in [0.5, 0.6) is 0 Å². The zero-order chi connectivity index (χ0) is 23.0. The predicted molar refractivity (Wildman–Crippen MR) is 124 cm³/mol. The van der Waals surface area contributed by atoms with Crippen LogP contribution in [0.1, 0.15) is 30.8 Å². The van der Waals surface area contributed by atoms with Crippen molar-refractivity contribution in [3.8, 4) is 17.1 Å². The summed E-state index contributed by atoms with van der Waals surface area (Å²) in [6, 6.07) is 12.2. The molecule has 3 aromatic rings. The molecule has 3 heterocycles. The molecule has 0 radical (unpaired) electrons. The quantitative estimate of drug-likeness (QED) is 0.589. The van der Waals surface area contributed by atoms with E-state index in [-0.39, 0.29) is 4.90 Å². The van der Waals surface area contributed by atoms with Gasteiger partial charge in [-0.25, -0.2) is 13.1 Å². The van der Waals surface area contributed by atoms with Crippen molar-refractivity contribution in [2.45, 2.75) is 45.6 Å². The Balaban J connectivity index is 1.61. The standard InChI is InChI=1S/C23H30N6O2S/c1-16(2)27-12-14-28(15-13-27)32(30,31)23-18(4)26-29(19(23)5)22-11-10-21(24-25-22)20-8-6-17(3)7-9-20/h6-11,16H,12-15H2,1-5H3. The number of piperazine rings is 1. The highest BCUT2D eigenvalue weighted by Gasteiger charge is 2.34. The van der Waals surface area contributed by atoms with Crippen LogP contribution in [-0.2, 0) is 10.0 Å². The average Bonchev–Trinajstić information content (AvgIpc) is 3.09. The van der Waals surface area contributed by atoms with Crippen LogP contribution in [0, 0.1) is 20.8 Å². The molecule has 0 unspecified atom stereocenters. The molecule has 0 amide bonds. The number of aromatic nitrogens is 4. The highest BCUT2D eigenvalue weighted by Crippen LogP contribution is 2.27. The fourth-order valence-corrected chi connectivity index (χ4v) is 5.91. The van der Waals surface area contributed by atoms with Gasteiger partial charge in [-0.2, -0.15) is 9.40 Å². The van der Waals surface area contributed by atoms with Gasteiger partial charge in [0.05, 0.1) is 17.1 Å². The van der Waals surface area contributed by atoms with Crippen molar-refractivity contribution in [3.05, 3.63) is 53.3 Å². The number of nitrogens with zero attached hydrogens (tertiary/aromatic N) is 6. The van der Waals surface area contributed by atoms with E-state index in [0.29, 0.717) is 36.3 Å². The number of hydrogen-bond acceptors (Lipinski definition) is 6. The first-order chi connectivity index (χ1) is 15.2. The summed E-state index contributed by atoms with van der Waals surface area (Å²) in [5, 5.41) is 13.2. The van der Waals surface area contributed by atoms with Crippen molar-refractivity contribution >= 4 is 10.0 Å². The largest absolute Gasteiger partial charge is 0.298 e. The SMILES string of the molecule is Cc1ccc(-c2ccc(-n3nc(C)c(S(=O)(=O)N4CCN(C(C)C)CC4)c3C)nn2)cc1. The van der Waals surface area contributed by atoms with E-state index in [4.69, 9.17) is 0 Å². The molecule has 0 N–H and O–H groups in total. The van der Waals surface area contributed by atoms with Gasteiger partial charge in [0.1, 0.15) is 4.90 Å². The van der Waals surface area contributed by atoms with E-state index in [1.165, 1.54) is 5.56 Å². The van der Waals surface area contributed by atoms with Gasteiger partial charge in [0, 0.05) is 37.8 Å². The van der Waals surface area contributed by atoms with Gasteiger partial charge in [0.25, 0.3) is 0 Å². The molecule has 1 aliphatic heterocycles. The maximum atomic E-state index is 13.4. The molecule has 170 valence electrons. The Kier molecular flexibility index (Phi) is 6.15. The third-order valence-electron chi connectivity index (χ3n) is 6.04. The van der Waals surface area contributed by atoms with E-state index in [2.05, 4.69) is 34.0 Å². The zero-order valence-corrected chi connectivity index (χ0v) is 20.1. The normalized spacial score (nSPS) is 16.1. The molecular weight excluding hydrogens is 424 g/mol. The van der Waals surface area contributed by atoms with Gasteiger partial charge < -0.3 is 0 Å². The van der Waals surface area contributed by atoms with Crippen LogP contribution in [0.4, 0.5) is 0 Å². The van der Waals surface area contributed by atoms with Gasteiger partial charge >= 0.3 is 0 Å². The lowest BCUT2D eigenvalue weighted by atomic mass is 10.1. The lowest BCUT2D eigenvalue weighted by Gasteiger charge is -2.36. The number of hydrogen-bond donors (Lipinski definition) is 0. The zero-order valence-electron chi connectivity index (χ0n) is 19.3. The van der Waals surface area contributed by atoms with Crippen molar-refractivity contribution in [1.29, 1.82) is 0 Å². The lowest BCUT2D eigenvalue weighted by Crippen LogP contribution is -2.50. The van der Waals surface area contributed by atoms with Gasteiger partial charge in [-0.3, -0.25) is 4.90 Å². The highest BCUT2D eigenvalue weighted by molar-refractivity contribution is 7.89. The van der Waals surface area contributed by atoms with E-state index < -0.39 is 10.0 Å². The van der Waals surface area contributed by atoms with Crippen molar-refractivity contribution in [3.63, 3.8) is 0 Å². The Morgan fingerprint density at radius 1 is 0.875 bits per heavy atom. The second-order valence-electron chi connectivity index (χ2n) is 8.59. The molecular formula is C23H30N6O2S. The minimum absolute atomic E-state index is 0.264. The third-order valence-corrected chi connectivity index (χ3v) is 8.19. The van der Waals surface area contributed by atoms with Crippen molar-refractivity contribution in [2.75, 3.05) is 26.2 Å². The molecule has 0 saturated carbocycles.